The topological polar surface area (TPSA) is 25.9 Å². The van der Waals surface area contributed by atoms with Gasteiger partial charge in [-0.2, -0.15) is 0 Å². The molecule has 0 atom stereocenters. The van der Waals surface area contributed by atoms with Crippen LogP contribution in [-0.2, 0) is 18.4 Å². The molecule has 19 heavy (non-hydrogen) atoms. The minimum Gasteiger partial charge on any atom is -1.00 e. The van der Waals surface area contributed by atoms with Crippen LogP contribution in [0.1, 0.15) is 12.5 Å². The zero-order valence-electron chi connectivity index (χ0n) is 11.0. The fourth-order valence-corrected chi connectivity index (χ4v) is 2.65. The van der Waals surface area contributed by atoms with Gasteiger partial charge in [0.1, 0.15) is 24.7 Å². The van der Waals surface area contributed by atoms with Crippen molar-refractivity contribution in [2.24, 2.45) is 7.05 Å². The minimum absolute atomic E-state index is 0. The summed E-state index contributed by atoms with van der Waals surface area (Å²) in [4.78, 5) is 11.1. The fraction of sp³-hybridized carbons (Fsp3) is 0.286. The summed E-state index contributed by atoms with van der Waals surface area (Å²) in [5.74, 6) is 0.722. The average Bonchev–Trinajstić information content (AvgIpc) is 2.69. The summed E-state index contributed by atoms with van der Waals surface area (Å²) in [5.41, 5.74) is 1.26. The third-order valence-corrected chi connectivity index (χ3v) is 3.95. The molecule has 0 fully saturated rings. The Kier molecular flexibility index (Phi) is 6.12. The monoisotopic (exact) mass is 296 g/mol. The number of carbonyl (C=O) groups is 1. The van der Waals surface area contributed by atoms with Crippen molar-refractivity contribution in [1.29, 1.82) is 0 Å². The Labute approximate surface area is 124 Å². The van der Waals surface area contributed by atoms with E-state index in [1.807, 2.05) is 31.4 Å². The van der Waals surface area contributed by atoms with E-state index in [0.717, 1.165) is 11.7 Å². The van der Waals surface area contributed by atoms with Crippen LogP contribution >= 0.6 is 11.8 Å². The molecule has 5 heteroatoms. The van der Waals surface area contributed by atoms with Crippen molar-refractivity contribution in [2.45, 2.75) is 18.6 Å². The van der Waals surface area contributed by atoms with Crippen molar-refractivity contribution in [3.05, 3.63) is 48.3 Å². The first kappa shape index (κ1) is 15.8. The molecule has 0 radical (unpaired) electrons. The van der Waals surface area contributed by atoms with Crippen LogP contribution in [0, 0.1) is 0 Å². The molecule has 0 amide bonds. The second-order valence-electron chi connectivity index (χ2n) is 4.30. The van der Waals surface area contributed by atoms with Crippen molar-refractivity contribution in [3.63, 3.8) is 0 Å². The predicted molar refractivity (Wildman–Crippen MR) is 72.6 cm³/mol. The highest BCUT2D eigenvalue weighted by atomic mass is 35.5. The maximum absolute atomic E-state index is 11.1. The molecule has 3 nitrogen and oxygen atoms in total. The van der Waals surface area contributed by atoms with Gasteiger partial charge in [-0.1, -0.05) is 30.3 Å². The highest BCUT2D eigenvalue weighted by Gasteiger charge is 2.16. The normalized spacial score (nSPS) is 10.0. The Hall–Kier alpha value is -1.26. The van der Waals surface area contributed by atoms with Crippen molar-refractivity contribution in [3.8, 4) is 0 Å². The van der Waals surface area contributed by atoms with Gasteiger partial charge >= 0.3 is 5.16 Å². The number of rotatable bonds is 5. The molecule has 1 aromatic heterocycles. The summed E-state index contributed by atoms with van der Waals surface area (Å²) in [7, 11) is 2.00. The number of halogens is 1. The van der Waals surface area contributed by atoms with E-state index in [-0.39, 0.29) is 18.2 Å². The molecule has 0 N–H and O–H groups in total. The molecule has 0 unspecified atom stereocenters. The van der Waals surface area contributed by atoms with Gasteiger partial charge in [0, 0.05) is 0 Å². The number of Topliss-reactive ketones (excluding diaryl/α,β-unsaturated/α-hetero) is 1. The van der Waals surface area contributed by atoms with Crippen LogP contribution in [-0.4, -0.2) is 16.1 Å². The van der Waals surface area contributed by atoms with Crippen molar-refractivity contribution in [2.75, 3.05) is 5.75 Å². The molecule has 0 aliphatic rings. The van der Waals surface area contributed by atoms with E-state index in [1.165, 1.54) is 5.56 Å². The van der Waals surface area contributed by atoms with Crippen LogP contribution in [0.3, 0.4) is 0 Å². The molecule has 0 bridgehead atoms. The van der Waals surface area contributed by atoms with Gasteiger partial charge in [-0.05, 0) is 24.2 Å². The van der Waals surface area contributed by atoms with E-state index < -0.39 is 0 Å². The van der Waals surface area contributed by atoms with Crippen molar-refractivity contribution < 1.29 is 21.8 Å². The van der Waals surface area contributed by atoms with Gasteiger partial charge in [0.25, 0.3) is 0 Å². The predicted octanol–water partition coefficient (Wildman–Crippen LogP) is -0.954. The quantitative estimate of drug-likeness (QED) is 0.525. The maximum Gasteiger partial charge on any atom is 0.318 e. The fourth-order valence-electron chi connectivity index (χ4n) is 1.76. The Morgan fingerprint density at radius 3 is 2.63 bits per heavy atom. The summed E-state index contributed by atoms with van der Waals surface area (Å²) >= 11 is 1.58. The van der Waals surface area contributed by atoms with Gasteiger partial charge in [0.05, 0.1) is 12.8 Å². The first-order valence-electron chi connectivity index (χ1n) is 5.88. The first-order chi connectivity index (χ1) is 8.66. The van der Waals surface area contributed by atoms with Crippen LogP contribution in [0.15, 0.2) is 47.9 Å². The Bertz CT molecular complexity index is 540. The standard InChI is InChI=1S/C14H17N2OS.ClH/c1-12(17)11-18-14-15(2)8-9-16(14)10-13-6-4-3-5-7-13;/h3-9H,10-11H2,1-2H3;1H/q+1;/p-1. The minimum atomic E-state index is 0. The lowest BCUT2D eigenvalue weighted by atomic mass is 10.2. The lowest BCUT2D eigenvalue weighted by molar-refractivity contribution is -0.709. The lowest BCUT2D eigenvalue weighted by Crippen LogP contribution is -3.00. The smallest absolute Gasteiger partial charge is 0.318 e. The third kappa shape index (κ3) is 4.40. The van der Waals surface area contributed by atoms with E-state index >= 15 is 0 Å². The lowest BCUT2D eigenvalue weighted by Gasteiger charge is -2.02. The van der Waals surface area contributed by atoms with Gasteiger partial charge in [0.15, 0.2) is 0 Å². The van der Waals surface area contributed by atoms with Crippen LogP contribution in [0.2, 0.25) is 0 Å². The van der Waals surface area contributed by atoms with E-state index in [1.54, 1.807) is 18.7 Å². The molecular weight excluding hydrogens is 280 g/mol. The van der Waals surface area contributed by atoms with Crippen molar-refractivity contribution >= 4 is 17.5 Å². The zero-order valence-corrected chi connectivity index (χ0v) is 12.6. The average molecular weight is 297 g/mol. The second-order valence-corrected chi connectivity index (χ2v) is 5.24. The number of hydrogen-bond donors (Lipinski definition) is 0. The molecule has 0 aliphatic carbocycles. The summed E-state index contributed by atoms with van der Waals surface area (Å²) in [6, 6.07) is 10.3. The number of ketones is 1. The molecule has 0 saturated heterocycles. The molecule has 102 valence electrons. The van der Waals surface area contributed by atoms with Crippen LogP contribution < -0.4 is 17.0 Å². The second kappa shape index (κ2) is 7.36. The number of hydrogen-bond acceptors (Lipinski definition) is 2. The first-order valence-corrected chi connectivity index (χ1v) is 6.86. The van der Waals surface area contributed by atoms with Gasteiger partial charge in [-0.25, -0.2) is 9.13 Å². The van der Waals surface area contributed by atoms with E-state index in [2.05, 4.69) is 27.5 Å². The summed E-state index contributed by atoms with van der Waals surface area (Å²) in [5, 5.41) is 1.11. The Morgan fingerprint density at radius 2 is 2.00 bits per heavy atom. The van der Waals surface area contributed by atoms with Crippen LogP contribution in [0.25, 0.3) is 0 Å². The summed E-state index contributed by atoms with van der Waals surface area (Å²) < 4.78 is 4.22. The highest BCUT2D eigenvalue weighted by Crippen LogP contribution is 2.15. The van der Waals surface area contributed by atoms with Gasteiger partial charge in [-0.15, -0.1) is 0 Å². The number of benzene rings is 1. The molecule has 1 heterocycles. The number of carbonyl (C=O) groups excluding carboxylic acids is 1. The number of thioether (sulfide) groups is 1. The van der Waals surface area contributed by atoms with E-state index in [9.17, 15) is 4.79 Å². The molecule has 2 aromatic rings. The molecule has 1 aromatic carbocycles. The van der Waals surface area contributed by atoms with Gasteiger partial charge in [0.2, 0.25) is 0 Å². The number of aromatic nitrogens is 2. The molecule has 0 saturated carbocycles. The number of imidazole rings is 1. The third-order valence-electron chi connectivity index (χ3n) is 2.62. The molecular formula is C14H17ClN2OS. The van der Waals surface area contributed by atoms with Crippen LogP contribution in [0.4, 0.5) is 0 Å². The van der Waals surface area contributed by atoms with Gasteiger partial charge in [-0.3, -0.25) is 4.79 Å². The Balaban J connectivity index is 0.00000180. The van der Waals surface area contributed by atoms with E-state index in [4.69, 9.17) is 0 Å². The molecule has 0 spiro atoms. The summed E-state index contributed by atoms with van der Waals surface area (Å²) in [6.45, 7) is 2.46. The van der Waals surface area contributed by atoms with E-state index in [0.29, 0.717) is 5.75 Å². The molecule has 2 rings (SSSR count). The number of nitrogens with zero attached hydrogens (tertiary/aromatic N) is 2. The van der Waals surface area contributed by atoms with Gasteiger partial charge < -0.3 is 12.4 Å². The summed E-state index contributed by atoms with van der Waals surface area (Å²) in [6.07, 6.45) is 4.07. The maximum atomic E-state index is 11.1. The largest absolute Gasteiger partial charge is 1.00 e. The SMILES string of the molecule is CC(=O)CSc1n(Cc2ccccc2)cc[n+]1C.[Cl-]. The highest BCUT2D eigenvalue weighted by molar-refractivity contribution is 7.99. The zero-order chi connectivity index (χ0) is 13.0. The Morgan fingerprint density at radius 1 is 1.32 bits per heavy atom. The number of aryl methyl sites for hydroxylation is 1. The van der Waals surface area contributed by atoms with Crippen molar-refractivity contribution in [1.82, 2.24) is 4.57 Å². The van der Waals surface area contributed by atoms with Crippen LogP contribution in [0.5, 0.6) is 0 Å². The molecule has 0 aliphatic heterocycles.